The van der Waals surface area contributed by atoms with Crippen LogP contribution in [0.4, 0.5) is 5.69 Å². The van der Waals surface area contributed by atoms with Crippen LogP contribution in [0, 0.1) is 0 Å². The van der Waals surface area contributed by atoms with E-state index < -0.39 is 0 Å². The van der Waals surface area contributed by atoms with E-state index in [4.69, 9.17) is 15.2 Å². The zero-order valence-corrected chi connectivity index (χ0v) is 13.6. The number of aliphatic imine (C=N–C) groups is 1. The monoisotopic (exact) mass is 314 g/mol. The van der Waals surface area contributed by atoms with E-state index in [1.54, 1.807) is 13.3 Å². The van der Waals surface area contributed by atoms with Crippen molar-refractivity contribution < 1.29 is 9.47 Å². The number of anilines is 1. The van der Waals surface area contributed by atoms with E-state index in [0.717, 1.165) is 11.3 Å². The average Bonchev–Trinajstić information content (AvgIpc) is 2.54. The lowest BCUT2D eigenvalue weighted by Crippen LogP contribution is -2.22. The highest BCUT2D eigenvalue weighted by Crippen LogP contribution is 2.22. The molecule has 2 aromatic rings. The Hall–Kier alpha value is -2.76. The predicted octanol–water partition coefficient (Wildman–Crippen LogP) is 2.80. The highest BCUT2D eigenvalue weighted by Gasteiger charge is 2.03. The van der Waals surface area contributed by atoms with Gasteiger partial charge in [-0.15, -0.1) is 0 Å². The summed E-state index contributed by atoms with van der Waals surface area (Å²) in [5.41, 5.74) is 7.63. The highest BCUT2D eigenvalue weighted by atomic mass is 16.5. The first-order valence-corrected chi connectivity index (χ1v) is 7.40. The van der Waals surface area contributed by atoms with Crippen molar-refractivity contribution in [2.24, 2.45) is 10.7 Å². The lowest BCUT2D eigenvalue weighted by Gasteiger charge is -2.10. The van der Waals surface area contributed by atoms with Crippen molar-refractivity contribution in [2.75, 3.05) is 12.4 Å². The second-order valence-corrected chi connectivity index (χ2v) is 5.20. The smallest absolute Gasteiger partial charge is 0.213 e. The number of nitrogens with one attached hydrogen (secondary N) is 1. The molecule has 1 heterocycles. The summed E-state index contributed by atoms with van der Waals surface area (Å²) < 4.78 is 10.8. The van der Waals surface area contributed by atoms with Gasteiger partial charge in [0.05, 0.1) is 25.4 Å². The molecule has 0 bridgehead atoms. The van der Waals surface area contributed by atoms with Gasteiger partial charge in [-0.25, -0.2) is 9.98 Å². The Kier molecular flexibility index (Phi) is 5.80. The number of hydrogen-bond acceptors (Lipinski definition) is 4. The Bertz CT molecular complexity index is 654. The number of guanidine groups is 1. The number of methoxy groups -OCH3 is 1. The second kappa shape index (κ2) is 8.03. The van der Waals surface area contributed by atoms with Crippen LogP contribution in [-0.2, 0) is 6.54 Å². The first-order valence-electron chi connectivity index (χ1n) is 7.40. The molecule has 0 radical (unpaired) electrons. The summed E-state index contributed by atoms with van der Waals surface area (Å²) in [7, 11) is 1.61. The van der Waals surface area contributed by atoms with Gasteiger partial charge in [0.1, 0.15) is 5.75 Å². The van der Waals surface area contributed by atoms with E-state index in [-0.39, 0.29) is 6.10 Å². The molecular formula is C17H22N4O2. The average molecular weight is 314 g/mol. The zero-order valence-electron chi connectivity index (χ0n) is 13.6. The van der Waals surface area contributed by atoms with Crippen LogP contribution in [0.5, 0.6) is 11.6 Å². The number of para-hydroxylation sites is 2. The largest absolute Gasteiger partial charge is 0.495 e. The maximum absolute atomic E-state index is 5.91. The van der Waals surface area contributed by atoms with Crippen LogP contribution in [0.1, 0.15) is 19.4 Å². The van der Waals surface area contributed by atoms with Crippen molar-refractivity contribution in [1.82, 2.24) is 4.98 Å². The molecule has 1 aromatic heterocycles. The number of hydrogen-bond donors (Lipinski definition) is 2. The van der Waals surface area contributed by atoms with Crippen molar-refractivity contribution in [2.45, 2.75) is 26.5 Å². The summed E-state index contributed by atoms with van der Waals surface area (Å²) in [6, 6.07) is 11.3. The molecule has 23 heavy (non-hydrogen) atoms. The van der Waals surface area contributed by atoms with Crippen LogP contribution in [-0.4, -0.2) is 24.2 Å². The Morgan fingerprint density at radius 1 is 1.26 bits per heavy atom. The standard InChI is InChI=1S/C17H22N4O2/c1-12(2)23-16-9-8-13(10-19-16)11-20-17(18)21-14-6-4-5-7-15(14)22-3/h4-10,12H,11H2,1-3H3,(H3,18,20,21). The Balaban J connectivity index is 1.96. The second-order valence-electron chi connectivity index (χ2n) is 5.20. The minimum Gasteiger partial charge on any atom is -0.495 e. The molecule has 3 N–H and O–H groups in total. The van der Waals surface area contributed by atoms with Crippen molar-refractivity contribution in [3.05, 3.63) is 48.2 Å². The molecule has 6 heteroatoms. The number of nitrogens with zero attached hydrogens (tertiary/aromatic N) is 2. The van der Waals surface area contributed by atoms with Gasteiger partial charge >= 0.3 is 0 Å². The molecule has 0 spiro atoms. The molecule has 0 aliphatic heterocycles. The minimum atomic E-state index is 0.104. The fourth-order valence-corrected chi connectivity index (χ4v) is 1.92. The molecule has 0 saturated heterocycles. The van der Waals surface area contributed by atoms with E-state index in [1.807, 2.05) is 50.2 Å². The SMILES string of the molecule is COc1ccccc1NC(N)=NCc1ccc(OC(C)C)nc1. The summed E-state index contributed by atoms with van der Waals surface area (Å²) in [5.74, 6) is 1.63. The van der Waals surface area contributed by atoms with Crippen LogP contribution in [0.3, 0.4) is 0 Å². The van der Waals surface area contributed by atoms with Crippen molar-refractivity contribution >= 4 is 11.6 Å². The molecule has 0 saturated carbocycles. The molecule has 0 fully saturated rings. The van der Waals surface area contributed by atoms with Gasteiger partial charge < -0.3 is 20.5 Å². The maximum atomic E-state index is 5.91. The summed E-state index contributed by atoms with van der Waals surface area (Å²) in [4.78, 5) is 8.54. The van der Waals surface area contributed by atoms with E-state index in [1.165, 1.54) is 0 Å². The molecule has 0 atom stereocenters. The molecule has 0 amide bonds. The van der Waals surface area contributed by atoms with E-state index >= 15 is 0 Å². The van der Waals surface area contributed by atoms with Crippen LogP contribution < -0.4 is 20.5 Å². The molecule has 2 rings (SSSR count). The van der Waals surface area contributed by atoms with E-state index in [0.29, 0.717) is 24.1 Å². The molecule has 6 nitrogen and oxygen atoms in total. The number of ether oxygens (including phenoxy) is 2. The Morgan fingerprint density at radius 3 is 2.70 bits per heavy atom. The van der Waals surface area contributed by atoms with Gasteiger partial charge in [0.15, 0.2) is 5.96 Å². The third-order valence-electron chi connectivity index (χ3n) is 2.96. The van der Waals surface area contributed by atoms with E-state index in [2.05, 4.69) is 15.3 Å². The van der Waals surface area contributed by atoms with Gasteiger partial charge in [-0.3, -0.25) is 0 Å². The molecule has 0 aliphatic carbocycles. The first-order chi connectivity index (χ1) is 11.1. The Morgan fingerprint density at radius 2 is 2.04 bits per heavy atom. The van der Waals surface area contributed by atoms with Gasteiger partial charge in [-0.2, -0.15) is 0 Å². The Labute approximate surface area is 136 Å². The zero-order chi connectivity index (χ0) is 16.7. The third-order valence-corrected chi connectivity index (χ3v) is 2.96. The van der Waals surface area contributed by atoms with Crippen LogP contribution >= 0.6 is 0 Å². The van der Waals surface area contributed by atoms with Gasteiger partial charge in [0, 0.05) is 12.3 Å². The van der Waals surface area contributed by atoms with Crippen molar-refractivity contribution in [1.29, 1.82) is 0 Å². The summed E-state index contributed by atoms with van der Waals surface area (Å²) in [6.45, 7) is 4.36. The topological polar surface area (TPSA) is 81.8 Å². The number of rotatable bonds is 6. The van der Waals surface area contributed by atoms with Gasteiger partial charge in [-0.1, -0.05) is 18.2 Å². The highest BCUT2D eigenvalue weighted by molar-refractivity contribution is 5.93. The molecular weight excluding hydrogens is 292 g/mol. The maximum Gasteiger partial charge on any atom is 0.213 e. The van der Waals surface area contributed by atoms with Gasteiger partial charge in [0.2, 0.25) is 5.88 Å². The van der Waals surface area contributed by atoms with Crippen molar-refractivity contribution in [3.63, 3.8) is 0 Å². The quantitative estimate of drug-likeness (QED) is 0.633. The van der Waals surface area contributed by atoms with Gasteiger partial charge in [-0.05, 0) is 31.5 Å². The lowest BCUT2D eigenvalue weighted by molar-refractivity contribution is 0.232. The molecule has 0 aliphatic rings. The third kappa shape index (κ3) is 5.18. The summed E-state index contributed by atoms with van der Waals surface area (Å²) >= 11 is 0. The number of aromatic nitrogens is 1. The fourth-order valence-electron chi connectivity index (χ4n) is 1.92. The van der Waals surface area contributed by atoms with Crippen molar-refractivity contribution in [3.8, 4) is 11.6 Å². The van der Waals surface area contributed by atoms with Crippen LogP contribution in [0.15, 0.2) is 47.6 Å². The molecule has 0 unspecified atom stereocenters. The summed E-state index contributed by atoms with van der Waals surface area (Å²) in [5, 5.41) is 3.03. The molecule has 1 aromatic carbocycles. The first kappa shape index (κ1) is 16.6. The number of benzene rings is 1. The fraction of sp³-hybridized carbons (Fsp3) is 0.294. The number of pyridine rings is 1. The van der Waals surface area contributed by atoms with E-state index in [9.17, 15) is 0 Å². The minimum absolute atomic E-state index is 0.104. The van der Waals surface area contributed by atoms with Crippen LogP contribution in [0.2, 0.25) is 0 Å². The predicted molar refractivity (Wildman–Crippen MR) is 91.9 cm³/mol. The van der Waals surface area contributed by atoms with Gasteiger partial charge in [0.25, 0.3) is 0 Å². The lowest BCUT2D eigenvalue weighted by atomic mass is 10.3. The number of nitrogens with two attached hydrogens (primary N) is 1. The van der Waals surface area contributed by atoms with Crippen LogP contribution in [0.25, 0.3) is 0 Å². The normalized spacial score (nSPS) is 11.4. The summed E-state index contributed by atoms with van der Waals surface area (Å²) in [6.07, 6.45) is 1.84. The molecule has 122 valence electrons.